The Labute approximate surface area is 130 Å². The largest absolute Gasteiger partial charge is 0.448 e. The SMILES string of the molecule is Cc1ccccc1[C@@H]1C[C@@H]1C(=O)N[C@@H](C)CN1CCOC1=O. The molecular weight excluding hydrogens is 280 g/mol. The van der Waals surface area contributed by atoms with Gasteiger partial charge in [0.05, 0.1) is 6.54 Å². The van der Waals surface area contributed by atoms with Crippen molar-refractivity contribution in [3.05, 3.63) is 35.4 Å². The molecule has 1 aromatic carbocycles. The standard InChI is InChI=1S/C17H22N2O3/c1-11-5-3-4-6-13(11)14-9-15(14)16(20)18-12(2)10-19-7-8-22-17(19)21/h3-6,12,14-15H,7-10H2,1-2H3,(H,18,20)/t12-,14-,15-/m0/s1. The molecule has 0 bridgehead atoms. The number of carbonyl (C=O) groups excluding carboxylic acids is 2. The Bertz CT molecular complexity index is 587. The number of hydrogen-bond acceptors (Lipinski definition) is 3. The van der Waals surface area contributed by atoms with Gasteiger partial charge in [0.15, 0.2) is 0 Å². The van der Waals surface area contributed by atoms with Crippen LogP contribution in [-0.2, 0) is 9.53 Å². The van der Waals surface area contributed by atoms with Crippen molar-refractivity contribution in [3.63, 3.8) is 0 Å². The highest BCUT2D eigenvalue weighted by atomic mass is 16.6. The van der Waals surface area contributed by atoms with Crippen LogP contribution >= 0.6 is 0 Å². The number of hydrogen-bond donors (Lipinski definition) is 1. The lowest BCUT2D eigenvalue weighted by Gasteiger charge is -2.19. The maximum atomic E-state index is 12.3. The van der Waals surface area contributed by atoms with Crippen molar-refractivity contribution in [1.29, 1.82) is 0 Å². The number of benzene rings is 1. The molecule has 5 nitrogen and oxygen atoms in total. The Kier molecular flexibility index (Phi) is 4.05. The second-order valence-corrected chi connectivity index (χ2v) is 6.28. The van der Waals surface area contributed by atoms with Crippen LogP contribution in [0.1, 0.15) is 30.4 Å². The van der Waals surface area contributed by atoms with Crippen LogP contribution in [-0.4, -0.2) is 42.6 Å². The summed E-state index contributed by atoms with van der Waals surface area (Å²) in [5.41, 5.74) is 2.52. The van der Waals surface area contributed by atoms with Crippen LogP contribution in [0.3, 0.4) is 0 Å². The van der Waals surface area contributed by atoms with Gasteiger partial charge in [0.25, 0.3) is 0 Å². The molecule has 1 saturated heterocycles. The van der Waals surface area contributed by atoms with E-state index in [2.05, 4.69) is 24.4 Å². The molecule has 0 radical (unpaired) electrons. The fraction of sp³-hybridized carbons (Fsp3) is 0.529. The summed E-state index contributed by atoms with van der Waals surface area (Å²) in [5, 5.41) is 3.02. The van der Waals surface area contributed by atoms with Gasteiger partial charge in [0, 0.05) is 18.5 Å². The van der Waals surface area contributed by atoms with E-state index in [-0.39, 0.29) is 24.0 Å². The van der Waals surface area contributed by atoms with Crippen molar-refractivity contribution < 1.29 is 14.3 Å². The van der Waals surface area contributed by atoms with Crippen LogP contribution < -0.4 is 5.32 Å². The van der Waals surface area contributed by atoms with E-state index >= 15 is 0 Å². The first-order valence-corrected chi connectivity index (χ1v) is 7.84. The normalized spacial score (nSPS) is 24.8. The van der Waals surface area contributed by atoms with Crippen LogP contribution in [0.4, 0.5) is 4.79 Å². The molecule has 1 N–H and O–H groups in total. The smallest absolute Gasteiger partial charge is 0.410 e. The maximum Gasteiger partial charge on any atom is 0.410 e. The molecule has 0 unspecified atom stereocenters. The van der Waals surface area contributed by atoms with Crippen molar-refractivity contribution in [2.75, 3.05) is 19.7 Å². The Balaban J connectivity index is 1.51. The number of cyclic esters (lactones) is 1. The van der Waals surface area contributed by atoms with Gasteiger partial charge in [-0.1, -0.05) is 24.3 Å². The predicted molar refractivity (Wildman–Crippen MR) is 82.6 cm³/mol. The van der Waals surface area contributed by atoms with Crippen molar-refractivity contribution in [1.82, 2.24) is 10.2 Å². The average Bonchev–Trinajstić information content (AvgIpc) is 3.18. The fourth-order valence-electron chi connectivity index (χ4n) is 3.15. The molecule has 2 amide bonds. The first-order chi connectivity index (χ1) is 10.6. The lowest BCUT2D eigenvalue weighted by molar-refractivity contribution is -0.123. The van der Waals surface area contributed by atoms with Crippen LogP contribution in [0.2, 0.25) is 0 Å². The van der Waals surface area contributed by atoms with E-state index in [0.717, 1.165) is 6.42 Å². The summed E-state index contributed by atoms with van der Waals surface area (Å²) >= 11 is 0. The lowest BCUT2D eigenvalue weighted by Crippen LogP contribution is -2.43. The van der Waals surface area contributed by atoms with Gasteiger partial charge in [0.2, 0.25) is 5.91 Å². The number of carbonyl (C=O) groups is 2. The molecule has 0 aromatic heterocycles. The van der Waals surface area contributed by atoms with Crippen molar-refractivity contribution >= 4 is 12.0 Å². The van der Waals surface area contributed by atoms with Crippen LogP contribution in [0.5, 0.6) is 0 Å². The molecule has 22 heavy (non-hydrogen) atoms. The quantitative estimate of drug-likeness (QED) is 0.905. The number of ether oxygens (including phenoxy) is 1. The third-order valence-electron chi connectivity index (χ3n) is 4.44. The van der Waals surface area contributed by atoms with Crippen molar-refractivity contribution in [3.8, 4) is 0 Å². The Morgan fingerprint density at radius 3 is 2.91 bits per heavy atom. The van der Waals surface area contributed by atoms with Crippen molar-refractivity contribution in [2.24, 2.45) is 5.92 Å². The predicted octanol–water partition coefficient (Wildman–Crippen LogP) is 2.06. The van der Waals surface area contributed by atoms with Gasteiger partial charge in [-0.05, 0) is 37.3 Å². The second-order valence-electron chi connectivity index (χ2n) is 6.28. The molecular formula is C17H22N2O3. The molecule has 3 atom stereocenters. The van der Waals surface area contributed by atoms with Crippen LogP contribution in [0, 0.1) is 12.8 Å². The summed E-state index contributed by atoms with van der Waals surface area (Å²) in [6.45, 7) is 5.57. The molecule has 3 rings (SSSR count). The first kappa shape index (κ1) is 14.9. The average molecular weight is 302 g/mol. The van der Waals surface area contributed by atoms with E-state index in [0.29, 0.717) is 25.6 Å². The highest BCUT2D eigenvalue weighted by Crippen LogP contribution is 2.48. The second kappa shape index (κ2) is 5.99. The zero-order chi connectivity index (χ0) is 15.7. The van der Waals surface area contributed by atoms with Crippen molar-refractivity contribution in [2.45, 2.75) is 32.2 Å². The monoisotopic (exact) mass is 302 g/mol. The molecule has 1 aliphatic carbocycles. The number of nitrogens with zero attached hydrogens (tertiary/aromatic N) is 1. The molecule has 1 aliphatic heterocycles. The Hall–Kier alpha value is -2.04. The Morgan fingerprint density at radius 1 is 1.45 bits per heavy atom. The summed E-state index contributed by atoms with van der Waals surface area (Å²) in [7, 11) is 0. The molecule has 5 heteroatoms. The Morgan fingerprint density at radius 2 is 2.23 bits per heavy atom. The van der Waals surface area contributed by atoms with E-state index in [4.69, 9.17) is 4.74 Å². The van der Waals surface area contributed by atoms with Gasteiger partial charge in [-0.2, -0.15) is 0 Å². The third kappa shape index (κ3) is 3.08. The molecule has 118 valence electrons. The summed E-state index contributed by atoms with van der Waals surface area (Å²) in [4.78, 5) is 25.4. The summed E-state index contributed by atoms with van der Waals surface area (Å²) < 4.78 is 4.89. The minimum atomic E-state index is -0.287. The van der Waals surface area contributed by atoms with Gasteiger partial charge in [0.1, 0.15) is 6.61 Å². The fourth-order valence-corrected chi connectivity index (χ4v) is 3.15. The van der Waals surface area contributed by atoms with E-state index in [9.17, 15) is 9.59 Å². The minimum absolute atomic E-state index is 0.0590. The minimum Gasteiger partial charge on any atom is -0.448 e. The maximum absolute atomic E-state index is 12.3. The van der Waals surface area contributed by atoms with E-state index in [1.54, 1.807) is 4.90 Å². The summed E-state index contributed by atoms with van der Waals surface area (Å²) in [5.74, 6) is 0.493. The topological polar surface area (TPSA) is 58.6 Å². The van der Waals surface area contributed by atoms with Crippen LogP contribution in [0.25, 0.3) is 0 Å². The van der Waals surface area contributed by atoms with Gasteiger partial charge >= 0.3 is 6.09 Å². The van der Waals surface area contributed by atoms with Gasteiger partial charge in [-0.15, -0.1) is 0 Å². The number of aryl methyl sites for hydroxylation is 1. The van der Waals surface area contributed by atoms with Crippen LogP contribution in [0.15, 0.2) is 24.3 Å². The summed E-state index contributed by atoms with van der Waals surface area (Å²) in [6, 6.07) is 8.18. The lowest BCUT2D eigenvalue weighted by atomic mass is 10.0. The van der Waals surface area contributed by atoms with Gasteiger partial charge in [-0.3, -0.25) is 4.79 Å². The number of rotatable bonds is 5. The van der Waals surface area contributed by atoms with E-state index in [1.807, 2.05) is 19.1 Å². The zero-order valence-electron chi connectivity index (χ0n) is 13.0. The third-order valence-corrected chi connectivity index (χ3v) is 4.44. The molecule has 0 spiro atoms. The number of nitrogens with one attached hydrogen (secondary N) is 1. The molecule has 2 aliphatic rings. The molecule has 1 aromatic rings. The molecule has 1 saturated carbocycles. The van der Waals surface area contributed by atoms with Gasteiger partial charge < -0.3 is 15.0 Å². The molecule has 1 heterocycles. The van der Waals surface area contributed by atoms with E-state index in [1.165, 1.54) is 11.1 Å². The molecule has 2 fully saturated rings. The zero-order valence-corrected chi connectivity index (χ0v) is 13.0. The highest BCUT2D eigenvalue weighted by Gasteiger charge is 2.44. The summed E-state index contributed by atoms with van der Waals surface area (Å²) in [6.07, 6.45) is 0.625. The number of amides is 2. The van der Waals surface area contributed by atoms with E-state index < -0.39 is 0 Å². The highest BCUT2D eigenvalue weighted by molar-refractivity contribution is 5.83. The first-order valence-electron chi connectivity index (χ1n) is 7.84. The van der Waals surface area contributed by atoms with Gasteiger partial charge in [-0.25, -0.2) is 4.79 Å².